The largest absolute Gasteiger partial charge is 0.478 e. The molecule has 0 aliphatic carbocycles. The van der Waals surface area contributed by atoms with Gasteiger partial charge in [0.2, 0.25) is 5.88 Å². The zero-order valence-electron chi connectivity index (χ0n) is 14.6. The summed E-state index contributed by atoms with van der Waals surface area (Å²) in [5, 5.41) is 4.78. The zero-order valence-corrected chi connectivity index (χ0v) is 17.0. The van der Waals surface area contributed by atoms with Crippen molar-refractivity contribution in [1.29, 1.82) is 0 Å². The number of fused-ring (bicyclic) bond motifs is 1. The molecule has 144 valence electrons. The molecule has 1 aromatic carbocycles. The molecule has 2 aromatic rings. The molecule has 0 radical (unpaired) electrons. The number of pyridine rings is 1. The van der Waals surface area contributed by atoms with Gasteiger partial charge in [-0.3, -0.25) is 8.74 Å². The van der Waals surface area contributed by atoms with Crippen molar-refractivity contribution in [3.63, 3.8) is 0 Å². The molecule has 9 heteroatoms. The third kappa shape index (κ3) is 7.30. The van der Waals surface area contributed by atoms with Gasteiger partial charge < -0.3 is 10.1 Å². The van der Waals surface area contributed by atoms with Gasteiger partial charge in [0.05, 0.1) is 23.8 Å². The first kappa shape index (κ1) is 21.3. The van der Waals surface area contributed by atoms with Gasteiger partial charge in [0, 0.05) is 29.2 Å². The van der Waals surface area contributed by atoms with Crippen LogP contribution in [0.4, 0.5) is 0 Å². The summed E-state index contributed by atoms with van der Waals surface area (Å²) < 4.78 is 29.8. The minimum Gasteiger partial charge on any atom is -0.478 e. The van der Waals surface area contributed by atoms with E-state index < -0.39 is 9.05 Å². The highest BCUT2D eigenvalue weighted by Crippen LogP contribution is 2.27. The number of aromatic nitrogens is 1. The lowest BCUT2D eigenvalue weighted by atomic mass is 10.1. The number of rotatable bonds is 11. The molecule has 0 saturated carbocycles. The highest BCUT2D eigenvalue weighted by molar-refractivity contribution is 8.27. The molecule has 0 saturated heterocycles. The Morgan fingerprint density at radius 2 is 2.08 bits per heavy atom. The van der Waals surface area contributed by atoms with E-state index in [-0.39, 0.29) is 6.61 Å². The predicted molar refractivity (Wildman–Crippen MR) is 108 cm³/mol. The van der Waals surface area contributed by atoms with Crippen molar-refractivity contribution in [2.75, 3.05) is 26.3 Å². The van der Waals surface area contributed by atoms with Gasteiger partial charge in [-0.25, -0.2) is 4.98 Å². The highest BCUT2D eigenvalue weighted by Gasteiger charge is 2.06. The third-order valence-electron chi connectivity index (χ3n) is 3.73. The smallest absolute Gasteiger partial charge is 0.266 e. The van der Waals surface area contributed by atoms with Gasteiger partial charge in [-0.2, -0.15) is 4.21 Å². The average Bonchev–Trinajstić information content (AvgIpc) is 2.56. The fourth-order valence-electron chi connectivity index (χ4n) is 2.48. The van der Waals surface area contributed by atoms with Crippen LogP contribution < -0.4 is 10.1 Å². The Morgan fingerprint density at radius 3 is 2.85 bits per heavy atom. The van der Waals surface area contributed by atoms with Crippen LogP contribution in [-0.4, -0.2) is 40.0 Å². The third-order valence-corrected chi connectivity index (χ3v) is 4.79. The van der Waals surface area contributed by atoms with Crippen molar-refractivity contribution in [2.24, 2.45) is 0 Å². The summed E-state index contributed by atoms with van der Waals surface area (Å²) in [5.74, 6) is 0.592. The maximum absolute atomic E-state index is 10.7. The molecule has 1 heterocycles. The Kier molecular flexibility index (Phi) is 8.46. The van der Waals surface area contributed by atoms with E-state index in [1.807, 2.05) is 31.2 Å². The zero-order chi connectivity index (χ0) is 19.0. The number of halogens is 1. The van der Waals surface area contributed by atoms with E-state index in [1.54, 1.807) is 0 Å². The van der Waals surface area contributed by atoms with E-state index in [0.29, 0.717) is 24.1 Å². The number of unbranched alkanes of at least 4 members (excludes halogenated alkanes) is 2. The van der Waals surface area contributed by atoms with E-state index in [4.69, 9.17) is 20.9 Å². The van der Waals surface area contributed by atoms with E-state index in [2.05, 4.69) is 25.7 Å². The molecule has 0 fully saturated rings. The summed E-state index contributed by atoms with van der Waals surface area (Å²) >= 11 is 10.4. The van der Waals surface area contributed by atoms with Gasteiger partial charge >= 0.3 is 0 Å². The van der Waals surface area contributed by atoms with Crippen LogP contribution >= 0.6 is 11.6 Å². The van der Waals surface area contributed by atoms with E-state index >= 15 is 0 Å². The van der Waals surface area contributed by atoms with Gasteiger partial charge in [0.15, 0.2) is 0 Å². The lowest BCUT2D eigenvalue weighted by Gasteiger charge is -2.09. The molecule has 2 N–H and O–H groups in total. The van der Waals surface area contributed by atoms with Crippen LogP contribution in [0.3, 0.4) is 0 Å². The Morgan fingerprint density at radius 1 is 1.27 bits per heavy atom. The first-order valence-corrected chi connectivity index (χ1v) is 11.1. The van der Waals surface area contributed by atoms with Gasteiger partial charge in [0.25, 0.3) is 9.05 Å². The monoisotopic (exact) mass is 418 g/mol. The Hall–Kier alpha value is -1.03. The van der Waals surface area contributed by atoms with E-state index in [0.717, 1.165) is 42.3 Å². The Balaban J connectivity index is 1.63. The van der Waals surface area contributed by atoms with Crippen molar-refractivity contribution in [3.05, 3.63) is 34.9 Å². The average molecular weight is 419 g/mol. The molecule has 1 atom stereocenters. The summed E-state index contributed by atoms with van der Waals surface area (Å²) in [7, 11) is -3.51. The molecule has 1 unspecified atom stereocenters. The minimum atomic E-state index is -3.51. The Bertz CT molecular complexity index is 831. The van der Waals surface area contributed by atoms with Gasteiger partial charge in [-0.1, -0.05) is 23.7 Å². The highest BCUT2D eigenvalue weighted by atomic mass is 35.5. The van der Waals surface area contributed by atoms with Crippen molar-refractivity contribution >= 4 is 42.7 Å². The number of hydrogen-bond donors (Lipinski definition) is 2. The summed E-state index contributed by atoms with van der Waals surface area (Å²) in [6.45, 7) is 4.03. The molecular formula is C17H23ClN2O4S2. The van der Waals surface area contributed by atoms with E-state index in [9.17, 15) is 4.21 Å². The van der Waals surface area contributed by atoms with Crippen LogP contribution in [0.15, 0.2) is 24.3 Å². The summed E-state index contributed by atoms with van der Waals surface area (Å²) in [6.07, 6.45) is 2.89. The topological polar surface area (TPSA) is 80.7 Å². The van der Waals surface area contributed by atoms with Gasteiger partial charge in [-0.15, -0.1) is 0 Å². The number of para-hydroxylation sites is 1. The van der Waals surface area contributed by atoms with Crippen LogP contribution in [0.1, 0.15) is 24.8 Å². The standard InChI is InChI=1S/C17H23ClN2O4S2/c1-13-12-16(20-17-14(13)6-5-7-15(17)18)23-10-4-2-3-8-19-9-11-24-26(21,22)25/h5-7,12,19H,2-4,8-11H2,1H3,(H,21,22,25). The first-order valence-electron chi connectivity index (χ1n) is 8.38. The lowest BCUT2D eigenvalue weighted by molar-refractivity contribution is 0.291. The number of nitrogens with zero attached hydrogens (tertiary/aromatic N) is 1. The number of nitrogens with one attached hydrogen (secondary N) is 1. The molecular weight excluding hydrogens is 396 g/mol. The molecule has 26 heavy (non-hydrogen) atoms. The SMILES string of the molecule is Cc1cc(OCCCCCNCCOS(=O)(O)=S)nc2c(Cl)cccc12. The summed E-state index contributed by atoms with van der Waals surface area (Å²) in [5.41, 5.74) is 1.85. The van der Waals surface area contributed by atoms with Gasteiger partial charge in [0.1, 0.15) is 0 Å². The summed E-state index contributed by atoms with van der Waals surface area (Å²) in [6, 6.07) is 7.67. The van der Waals surface area contributed by atoms with E-state index in [1.165, 1.54) is 0 Å². The van der Waals surface area contributed by atoms with Crippen LogP contribution in [0.5, 0.6) is 5.88 Å². The Labute approximate surface area is 163 Å². The van der Waals surface area contributed by atoms with Crippen LogP contribution in [-0.2, 0) is 24.4 Å². The molecule has 0 spiro atoms. The molecule has 0 amide bonds. The second kappa shape index (κ2) is 10.3. The van der Waals surface area contributed by atoms with Crippen LogP contribution in [0, 0.1) is 6.92 Å². The first-order chi connectivity index (χ1) is 12.4. The van der Waals surface area contributed by atoms with Crippen LogP contribution in [0.2, 0.25) is 5.02 Å². The maximum Gasteiger partial charge on any atom is 0.266 e. The fourth-order valence-corrected chi connectivity index (χ4v) is 3.19. The molecule has 0 bridgehead atoms. The van der Waals surface area contributed by atoms with Crippen LogP contribution in [0.25, 0.3) is 10.9 Å². The number of hydrogen-bond acceptors (Lipinski definition) is 6. The van der Waals surface area contributed by atoms with Crippen molar-refractivity contribution in [1.82, 2.24) is 10.3 Å². The molecule has 1 aromatic heterocycles. The van der Waals surface area contributed by atoms with Gasteiger partial charge in [-0.05, 0) is 44.4 Å². The minimum absolute atomic E-state index is 0.123. The number of benzene rings is 1. The normalized spacial score (nSPS) is 13.7. The van der Waals surface area contributed by atoms with Crippen molar-refractivity contribution < 1.29 is 17.7 Å². The molecule has 2 rings (SSSR count). The van der Waals surface area contributed by atoms with Crippen molar-refractivity contribution in [2.45, 2.75) is 26.2 Å². The molecule has 6 nitrogen and oxygen atoms in total. The lowest BCUT2D eigenvalue weighted by Crippen LogP contribution is -2.22. The summed E-state index contributed by atoms with van der Waals surface area (Å²) in [4.78, 5) is 4.49. The second-order valence-electron chi connectivity index (χ2n) is 5.82. The predicted octanol–water partition coefficient (Wildman–Crippen LogP) is 3.49. The molecule has 0 aliphatic rings. The second-order valence-corrected chi connectivity index (χ2v) is 8.58. The fraction of sp³-hybridized carbons (Fsp3) is 0.471. The quantitative estimate of drug-likeness (QED) is 0.540. The number of aryl methyl sites for hydroxylation is 1. The molecule has 0 aliphatic heterocycles. The maximum atomic E-state index is 10.7. The number of ether oxygens (including phenoxy) is 1. The van der Waals surface area contributed by atoms with Crippen molar-refractivity contribution in [3.8, 4) is 5.88 Å².